The Morgan fingerprint density at radius 2 is 1.95 bits per heavy atom. The molecule has 0 aliphatic carbocycles. The Labute approximate surface area is 142 Å². The summed E-state index contributed by atoms with van der Waals surface area (Å²) in [7, 11) is 0. The van der Waals surface area contributed by atoms with E-state index in [9.17, 15) is 9.59 Å². The molecule has 116 valence electrons. The Morgan fingerprint density at radius 1 is 1.14 bits per heavy atom. The maximum Gasteiger partial charge on any atom is 0.261 e. The molecule has 0 aliphatic heterocycles. The Morgan fingerprint density at radius 3 is 2.64 bits per heavy atom. The van der Waals surface area contributed by atoms with Gasteiger partial charge in [-0.2, -0.15) is 0 Å². The van der Waals surface area contributed by atoms with Crippen LogP contribution in [0.1, 0.15) is 21.7 Å². The van der Waals surface area contributed by atoms with Crippen LogP contribution >= 0.6 is 34.5 Å². The maximum atomic E-state index is 11.7. The molecule has 0 unspecified atom stereocenters. The van der Waals surface area contributed by atoms with Gasteiger partial charge in [0.05, 0.1) is 4.88 Å². The lowest BCUT2D eigenvalue weighted by molar-refractivity contribution is -0.121. The minimum atomic E-state index is -0.163. The zero-order chi connectivity index (χ0) is 15.9. The maximum absolute atomic E-state index is 11.7. The summed E-state index contributed by atoms with van der Waals surface area (Å²) in [5.41, 5.74) is 0.794. The van der Waals surface area contributed by atoms with E-state index in [0.717, 1.165) is 5.56 Å². The third-order valence-electron chi connectivity index (χ3n) is 2.87. The van der Waals surface area contributed by atoms with Gasteiger partial charge in [0.1, 0.15) is 0 Å². The molecule has 2 N–H and O–H groups in total. The monoisotopic (exact) mass is 356 g/mol. The fourth-order valence-corrected chi connectivity index (χ4v) is 2.85. The Balaban J connectivity index is 1.71. The van der Waals surface area contributed by atoms with E-state index < -0.39 is 0 Å². The highest BCUT2D eigenvalue weighted by Crippen LogP contribution is 2.20. The standard InChI is InChI=1S/C15H14Cl2N2O2S/c16-11-4-3-10(12(17)8-11)9-19-14(20)5-6-18-15(21)13-2-1-7-22-13/h1-4,7-8H,5-6,9H2,(H,18,21)(H,19,20). The third kappa shape index (κ3) is 5.02. The van der Waals surface area contributed by atoms with Crippen molar-refractivity contribution in [2.75, 3.05) is 6.54 Å². The summed E-state index contributed by atoms with van der Waals surface area (Å²) < 4.78 is 0. The van der Waals surface area contributed by atoms with Crippen molar-refractivity contribution in [3.63, 3.8) is 0 Å². The molecule has 2 rings (SSSR count). The molecule has 7 heteroatoms. The largest absolute Gasteiger partial charge is 0.352 e. The molecule has 2 amide bonds. The smallest absolute Gasteiger partial charge is 0.261 e. The average Bonchev–Trinajstić information content (AvgIpc) is 3.00. The second kappa shape index (κ2) is 8.17. The van der Waals surface area contributed by atoms with Gasteiger partial charge < -0.3 is 10.6 Å². The highest BCUT2D eigenvalue weighted by molar-refractivity contribution is 7.12. The minimum absolute atomic E-state index is 0.155. The number of carbonyl (C=O) groups is 2. The van der Waals surface area contributed by atoms with Crippen molar-refractivity contribution in [1.29, 1.82) is 0 Å². The van der Waals surface area contributed by atoms with E-state index in [1.165, 1.54) is 11.3 Å². The van der Waals surface area contributed by atoms with Crippen molar-refractivity contribution in [1.82, 2.24) is 10.6 Å². The summed E-state index contributed by atoms with van der Waals surface area (Å²) >= 11 is 13.2. The predicted octanol–water partition coefficient (Wildman–Crippen LogP) is 3.49. The molecule has 0 saturated heterocycles. The lowest BCUT2D eigenvalue weighted by Gasteiger charge is -2.08. The summed E-state index contributed by atoms with van der Waals surface area (Å²) in [6, 6.07) is 8.66. The topological polar surface area (TPSA) is 58.2 Å². The van der Waals surface area contributed by atoms with Gasteiger partial charge in [-0.1, -0.05) is 35.3 Å². The summed E-state index contributed by atoms with van der Waals surface area (Å²) in [5.74, 6) is -0.318. The number of hydrogen-bond acceptors (Lipinski definition) is 3. The molecule has 2 aromatic rings. The molecule has 0 radical (unpaired) electrons. The van der Waals surface area contributed by atoms with E-state index in [1.54, 1.807) is 24.3 Å². The first-order chi connectivity index (χ1) is 10.6. The van der Waals surface area contributed by atoms with E-state index >= 15 is 0 Å². The van der Waals surface area contributed by atoms with E-state index in [-0.39, 0.29) is 24.8 Å². The van der Waals surface area contributed by atoms with Crippen molar-refractivity contribution < 1.29 is 9.59 Å². The number of amides is 2. The lowest BCUT2D eigenvalue weighted by Crippen LogP contribution is -2.30. The van der Waals surface area contributed by atoms with Crippen molar-refractivity contribution >= 4 is 46.4 Å². The number of rotatable bonds is 6. The number of benzene rings is 1. The van der Waals surface area contributed by atoms with E-state index in [2.05, 4.69) is 10.6 Å². The van der Waals surface area contributed by atoms with E-state index in [0.29, 0.717) is 21.5 Å². The number of carbonyl (C=O) groups excluding carboxylic acids is 2. The Bertz CT molecular complexity index is 660. The van der Waals surface area contributed by atoms with Crippen molar-refractivity contribution in [3.8, 4) is 0 Å². The van der Waals surface area contributed by atoms with Gasteiger partial charge in [-0.05, 0) is 29.1 Å². The number of nitrogens with one attached hydrogen (secondary N) is 2. The second-order valence-electron chi connectivity index (χ2n) is 4.50. The van der Waals surface area contributed by atoms with E-state index in [1.807, 2.05) is 11.4 Å². The minimum Gasteiger partial charge on any atom is -0.352 e. The molecule has 0 aliphatic rings. The van der Waals surface area contributed by atoms with Crippen LogP contribution in [0.15, 0.2) is 35.7 Å². The molecule has 4 nitrogen and oxygen atoms in total. The quantitative estimate of drug-likeness (QED) is 0.832. The SMILES string of the molecule is O=C(CCNC(=O)c1cccs1)NCc1ccc(Cl)cc1Cl. The molecule has 0 spiro atoms. The van der Waals surface area contributed by atoms with E-state index in [4.69, 9.17) is 23.2 Å². The first kappa shape index (κ1) is 16.8. The molecule has 0 fully saturated rings. The fourth-order valence-electron chi connectivity index (χ4n) is 1.73. The molecule has 0 atom stereocenters. The molecule has 0 bridgehead atoms. The van der Waals surface area contributed by atoms with Crippen LogP contribution in [0.3, 0.4) is 0 Å². The van der Waals surface area contributed by atoms with Gasteiger partial charge in [0.25, 0.3) is 5.91 Å². The normalized spacial score (nSPS) is 10.3. The molecule has 22 heavy (non-hydrogen) atoms. The predicted molar refractivity (Wildman–Crippen MR) is 89.6 cm³/mol. The molecule has 0 saturated carbocycles. The summed E-state index contributed by atoms with van der Waals surface area (Å²) in [6.07, 6.45) is 0.211. The number of hydrogen-bond donors (Lipinski definition) is 2. The van der Waals surface area contributed by atoms with Crippen molar-refractivity contribution in [3.05, 3.63) is 56.2 Å². The van der Waals surface area contributed by atoms with Crippen LogP contribution in [0.2, 0.25) is 10.0 Å². The zero-order valence-corrected chi connectivity index (χ0v) is 13.9. The highest BCUT2D eigenvalue weighted by Gasteiger charge is 2.08. The van der Waals surface area contributed by atoms with Gasteiger partial charge in [-0.3, -0.25) is 9.59 Å². The van der Waals surface area contributed by atoms with Gasteiger partial charge in [0.2, 0.25) is 5.91 Å². The number of thiophene rings is 1. The Hall–Kier alpha value is -1.56. The van der Waals surface area contributed by atoms with Crippen LogP contribution in [0.25, 0.3) is 0 Å². The first-order valence-electron chi connectivity index (χ1n) is 6.58. The molecule has 1 heterocycles. The summed E-state index contributed by atoms with van der Waals surface area (Å²) in [5, 5.41) is 8.35. The van der Waals surface area contributed by atoms with Crippen LogP contribution in [0, 0.1) is 0 Å². The molecule has 1 aromatic heterocycles. The third-order valence-corrected chi connectivity index (χ3v) is 4.33. The van der Waals surface area contributed by atoms with Gasteiger partial charge >= 0.3 is 0 Å². The van der Waals surface area contributed by atoms with Crippen LogP contribution in [-0.2, 0) is 11.3 Å². The second-order valence-corrected chi connectivity index (χ2v) is 6.29. The van der Waals surface area contributed by atoms with Crippen LogP contribution in [0.4, 0.5) is 0 Å². The van der Waals surface area contributed by atoms with Gasteiger partial charge in [0.15, 0.2) is 0 Å². The first-order valence-corrected chi connectivity index (χ1v) is 8.22. The summed E-state index contributed by atoms with van der Waals surface area (Å²) in [4.78, 5) is 24.0. The van der Waals surface area contributed by atoms with Gasteiger partial charge in [0, 0.05) is 29.6 Å². The lowest BCUT2D eigenvalue weighted by atomic mass is 10.2. The average molecular weight is 357 g/mol. The molecule has 1 aromatic carbocycles. The molecular weight excluding hydrogens is 343 g/mol. The van der Waals surface area contributed by atoms with Gasteiger partial charge in [-0.25, -0.2) is 0 Å². The fraction of sp³-hybridized carbons (Fsp3) is 0.200. The molecular formula is C15H14Cl2N2O2S. The Kier molecular flexibility index (Phi) is 6.24. The van der Waals surface area contributed by atoms with Crippen LogP contribution in [-0.4, -0.2) is 18.4 Å². The van der Waals surface area contributed by atoms with Crippen LogP contribution < -0.4 is 10.6 Å². The van der Waals surface area contributed by atoms with Crippen molar-refractivity contribution in [2.45, 2.75) is 13.0 Å². The summed E-state index contributed by atoms with van der Waals surface area (Å²) in [6.45, 7) is 0.616. The van der Waals surface area contributed by atoms with Crippen LogP contribution in [0.5, 0.6) is 0 Å². The van der Waals surface area contributed by atoms with Gasteiger partial charge in [-0.15, -0.1) is 11.3 Å². The number of halogens is 2. The highest BCUT2D eigenvalue weighted by atomic mass is 35.5. The van der Waals surface area contributed by atoms with Crippen molar-refractivity contribution in [2.24, 2.45) is 0 Å². The zero-order valence-electron chi connectivity index (χ0n) is 11.6.